The van der Waals surface area contributed by atoms with Crippen molar-refractivity contribution < 1.29 is 0 Å². The van der Waals surface area contributed by atoms with E-state index in [0.717, 1.165) is 0 Å². The van der Waals surface area contributed by atoms with Crippen LogP contribution >= 0.6 is 0 Å². The fraction of sp³-hybridized carbons (Fsp3) is 0.188. The first kappa shape index (κ1) is 38.5. The molecule has 0 aliphatic heterocycles. The molecule has 0 N–H and O–H groups in total. The van der Waals surface area contributed by atoms with Crippen LogP contribution in [-0.2, 0) is 16.2 Å². The van der Waals surface area contributed by atoms with Crippen LogP contribution in [-0.4, -0.2) is 4.57 Å². The third kappa shape index (κ3) is 5.21. The summed E-state index contributed by atoms with van der Waals surface area (Å²) in [6.07, 6.45) is 0. The van der Waals surface area contributed by atoms with E-state index in [-0.39, 0.29) is 16.2 Å². The number of hydrogen-bond donors (Lipinski definition) is 0. The zero-order chi connectivity index (χ0) is 44.5. The molecule has 10 aromatic carbocycles. The Labute approximate surface area is 382 Å². The molecule has 65 heavy (non-hydrogen) atoms. The van der Waals surface area contributed by atoms with E-state index in [0.29, 0.717) is 0 Å². The third-order valence-corrected chi connectivity index (χ3v) is 15.7. The van der Waals surface area contributed by atoms with Crippen LogP contribution in [0.4, 0.5) is 0 Å². The van der Waals surface area contributed by atoms with E-state index in [1.807, 2.05) is 0 Å². The Balaban J connectivity index is 1.15. The fourth-order valence-corrected chi connectivity index (χ4v) is 12.5. The summed E-state index contributed by atoms with van der Waals surface area (Å²) in [6, 6.07) is 61.5. The van der Waals surface area contributed by atoms with E-state index < -0.39 is 0 Å². The van der Waals surface area contributed by atoms with Gasteiger partial charge in [0.2, 0.25) is 0 Å². The van der Waals surface area contributed by atoms with Gasteiger partial charge in [0.1, 0.15) is 0 Å². The highest BCUT2D eigenvalue weighted by Gasteiger charge is 2.37. The van der Waals surface area contributed by atoms with Gasteiger partial charge >= 0.3 is 0 Å². The third-order valence-electron chi connectivity index (χ3n) is 15.7. The van der Waals surface area contributed by atoms with E-state index in [1.165, 1.54) is 143 Å². The molecule has 0 radical (unpaired) electrons. The van der Waals surface area contributed by atoms with Crippen molar-refractivity contribution in [3.05, 3.63) is 197 Å². The van der Waals surface area contributed by atoms with Crippen molar-refractivity contribution in [3.63, 3.8) is 0 Å². The molecule has 314 valence electrons. The summed E-state index contributed by atoms with van der Waals surface area (Å²) in [4.78, 5) is 0. The Bertz CT molecular complexity index is 3730. The molecular weight excluding hydrogens is 783 g/mol. The number of hydrogen-bond acceptors (Lipinski definition) is 0. The molecule has 1 aromatic heterocycles. The van der Waals surface area contributed by atoms with Crippen LogP contribution in [0.2, 0.25) is 0 Å². The zero-order valence-corrected chi connectivity index (χ0v) is 39.0. The van der Waals surface area contributed by atoms with Gasteiger partial charge < -0.3 is 4.57 Å². The van der Waals surface area contributed by atoms with Crippen molar-refractivity contribution >= 4 is 54.1 Å². The summed E-state index contributed by atoms with van der Waals surface area (Å²) >= 11 is 0. The summed E-state index contributed by atoms with van der Waals surface area (Å²) in [5.41, 5.74) is 23.6. The average molecular weight is 836 g/mol. The lowest BCUT2D eigenvalue weighted by molar-refractivity contribution is 0.591. The average Bonchev–Trinajstić information content (AvgIpc) is 3.83. The summed E-state index contributed by atoms with van der Waals surface area (Å²) in [5, 5.41) is 10.5. The molecule has 0 bridgehead atoms. The first-order valence-electron chi connectivity index (χ1n) is 23.5. The second-order valence-electron chi connectivity index (χ2n) is 21.5. The molecule has 0 saturated heterocycles. The van der Waals surface area contributed by atoms with E-state index >= 15 is 0 Å². The van der Waals surface area contributed by atoms with Crippen LogP contribution < -0.4 is 0 Å². The quantitative estimate of drug-likeness (QED) is 0.156. The second-order valence-corrected chi connectivity index (χ2v) is 21.5. The molecule has 0 saturated carbocycles. The highest BCUT2D eigenvalue weighted by Crippen LogP contribution is 2.54. The molecule has 2 aliphatic carbocycles. The first-order chi connectivity index (χ1) is 31.2. The zero-order valence-electron chi connectivity index (χ0n) is 39.0. The smallest absolute Gasteiger partial charge is 0.0620 e. The fourth-order valence-electron chi connectivity index (χ4n) is 12.5. The Hall–Kier alpha value is -6.96. The lowest BCUT2D eigenvalue weighted by Gasteiger charge is -2.24. The molecule has 0 amide bonds. The molecule has 1 nitrogen and oxygen atoms in total. The number of nitrogens with zero attached hydrogens (tertiary/aromatic N) is 1. The Morgan fingerprint density at radius 3 is 1.52 bits per heavy atom. The van der Waals surface area contributed by atoms with Crippen molar-refractivity contribution in [2.75, 3.05) is 0 Å². The Morgan fingerprint density at radius 1 is 0.400 bits per heavy atom. The number of aryl methyl sites for hydroxylation is 2. The van der Waals surface area contributed by atoms with Gasteiger partial charge in [-0.1, -0.05) is 158 Å². The lowest BCUT2D eigenvalue weighted by atomic mass is 9.79. The Morgan fingerprint density at radius 2 is 0.938 bits per heavy atom. The molecule has 13 rings (SSSR count). The van der Waals surface area contributed by atoms with Crippen molar-refractivity contribution in [1.82, 2.24) is 4.57 Å². The molecule has 1 heterocycles. The topological polar surface area (TPSA) is 4.93 Å². The summed E-state index contributed by atoms with van der Waals surface area (Å²) in [7, 11) is 0. The van der Waals surface area contributed by atoms with Gasteiger partial charge in [-0.15, -0.1) is 0 Å². The SMILES string of the molecule is Cc1cc(C)cc(-n2c3ccc(C(C)(C)C)cc3c3cc4ccc5c(-c6ccc7c(c6)C(C)(C)c6ccccc6-7)cc(-c6ccc7c(c6)C(C)(C)c6ccccc6-7)c6ccc(c4c56)c32)c1. The van der Waals surface area contributed by atoms with Gasteiger partial charge in [-0.2, -0.15) is 0 Å². The number of fused-ring (bicyclic) bond motifs is 10. The molecule has 11 aromatic rings. The van der Waals surface area contributed by atoms with Gasteiger partial charge in [0.15, 0.2) is 0 Å². The van der Waals surface area contributed by atoms with Gasteiger partial charge in [0, 0.05) is 32.7 Å². The van der Waals surface area contributed by atoms with Gasteiger partial charge in [-0.05, 0) is 178 Å². The van der Waals surface area contributed by atoms with Crippen LogP contribution in [0.1, 0.15) is 87.4 Å². The van der Waals surface area contributed by atoms with Gasteiger partial charge in [-0.25, -0.2) is 0 Å². The maximum Gasteiger partial charge on any atom is 0.0620 e. The van der Waals surface area contributed by atoms with E-state index in [9.17, 15) is 0 Å². The van der Waals surface area contributed by atoms with Crippen LogP contribution in [0.3, 0.4) is 0 Å². The van der Waals surface area contributed by atoms with Crippen molar-refractivity contribution in [3.8, 4) is 50.2 Å². The lowest BCUT2D eigenvalue weighted by Crippen LogP contribution is -2.15. The van der Waals surface area contributed by atoms with Crippen LogP contribution in [0.25, 0.3) is 104 Å². The molecule has 1 heteroatoms. The summed E-state index contributed by atoms with van der Waals surface area (Å²) < 4.78 is 2.56. The molecule has 0 spiro atoms. The first-order valence-corrected chi connectivity index (χ1v) is 23.5. The molecule has 0 unspecified atom stereocenters. The maximum atomic E-state index is 2.56. The van der Waals surface area contributed by atoms with Crippen LogP contribution in [0, 0.1) is 13.8 Å². The van der Waals surface area contributed by atoms with E-state index in [2.05, 4.69) is 225 Å². The number of benzene rings is 10. The van der Waals surface area contributed by atoms with Crippen molar-refractivity contribution in [2.45, 2.75) is 78.6 Å². The van der Waals surface area contributed by atoms with Crippen LogP contribution in [0.15, 0.2) is 158 Å². The van der Waals surface area contributed by atoms with Crippen molar-refractivity contribution in [1.29, 1.82) is 0 Å². The predicted molar refractivity (Wildman–Crippen MR) is 279 cm³/mol. The minimum Gasteiger partial charge on any atom is -0.309 e. The number of aromatic nitrogens is 1. The highest BCUT2D eigenvalue weighted by atomic mass is 15.0. The monoisotopic (exact) mass is 835 g/mol. The standard InChI is InChI=1S/C64H53N/c1-36-28-37(2)30-42(29-36)65-58-27-21-41(62(3,4)5)34-52(58)53-31-40-20-24-47-50(38-18-22-45-43-14-10-12-16-54(43)63(6,7)56(45)32-38)35-51(48-25-26-49(61(53)65)59(40)60(47)48)39-19-23-46-44-15-11-13-17-55(44)64(8,9)57(46)33-39/h10-35H,1-9H3. The van der Waals surface area contributed by atoms with Crippen LogP contribution in [0.5, 0.6) is 0 Å². The summed E-state index contributed by atoms with van der Waals surface area (Å²) in [6.45, 7) is 21.0. The van der Waals surface area contributed by atoms with E-state index in [1.54, 1.807) is 0 Å². The minimum absolute atomic E-state index is 0.0244. The van der Waals surface area contributed by atoms with Gasteiger partial charge in [0.05, 0.1) is 11.0 Å². The molecule has 2 aliphatic rings. The molecular formula is C64H53N. The number of rotatable bonds is 3. The predicted octanol–water partition coefficient (Wildman–Crippen LogP) is 17.5. The van der Waals surface area contributed by atoms with Crippen molar-refractivity contribution in [2.24, 2.45) is 0 Å². The maximum absolute atomic E-state index is 2.56. The largest absolute Gasteiger partial charge is 0.309 e. The highest BCUT2D eigenvalue weighted by molar-refractivity contribution is 6.34. The van der Waals surface area contributed by atoms with Gasteiger partial charge in [-0.3, -0.25) is 0 Å². The molecule has 0 fully saturated rings. The van der Waals surface area contributed by atoms with Gasteiger partial charge in [0.25, 0.3) is 0 Å². The Kier molecular flexibility index (Phi) is 7.61. The summed E-state index contributed by atoms with van der Waals surface area (Å²) in [5.74, 6) is 0. The normalized spacial score (nSPS) is 14.8. The van der Waals surface area contributed by atoms with E-state index in [4.69, 9.17) is 0 Å². The minimum atomic E-state index is -0.102. The molecule has 0 atom stereocenters. The second kappa shape index (κ2) is 12.9.